The quantitative estimate of drug-likeness (QED) is 0.751. The molecule has 1 unspecified atom stereocenters. The van der Waals surface area contributed by atoms with Crippen LogP contribution in [-0.2, 0) is 7.05 Å². The molecule has 2 heterocycles. The van der Waals surface area contributed by atoms with Crippen LogP contribution in [0.1, 0.15) is 35.4 Å². The van der Waals surface area contributed by atoms with E-state index in [2.05, 4.69) is 25.8 Å². The van der Waals surface area contributed by atoms with Crippen LogP contribution in [-0.4, -0.2) is 32.2 Å². The van der Waals surface area contributed by atoms with Gasteiger partial charge in [0.2, 0.25) is 0 Å². The Bertz CT molecular complexity index is 606. The molecule has 0 aliphatic heterocycles. The molecule has 0 aromatic carbocycles. The highest BCUT2D eigenvalue weighted by atomic mass is 32.1. The Labute approximate surface area is 120 Å². The van der Waals surface area contributed by atoms with Crippen molar-refractivity contribution in [3.05, 3.63) is 17.0 Å². The number of carbonyl (C=O) groups excluding carboxylic acids is 1. The summed E-state index contributed by atoms with van der Waals surface area (Å²) in [5.74, 6) is 0.640. The van der Waals surface area contributed by atoms with E-state index in [1.54, 1.807) is 10.9 Å². The molecule has 0 aliphatic carbocycles. The largest absolute Gasteiger partial charge is 0.382 e. The molecule has 0 fully saturated rings. The van der Waals surface area contributed by atoms with Gasteiger partial charge in [0, 0.05) is 13.6 Å². The van der Waals surface area contributed by atoms with Gasteiger partial charge in [-0.25, -0.2) is 4.98 Å². The number of anilines is 2. The van der Waals surface area contributed by atoms with Gasteiger partial charge in [0.05, 0.1) is 6.04 Å². The Morgan fingerprint density at radius 3 is 2.95 bits per heavy atom. The maximum absolute atomic E-state index is 12.2. The molecule has 0 spiro atoms. The normalized spacial score (nSPS) is 12.2. The summed E-state index contributed by atoms with van der Waals surface area (Å²) in [4.78, 5) is 16.7. The van der Waals surface area contributed by atoms with Crippen LogP contribution in [0.3, 0.4) is 0 Å². The van der Waals surface area contributed by atoms with Gasteiger partial charge in [-0.1, -0.05) is 11.3 Å². The second kappa shape index (κ2) is 5.87. The van der Waals surface area contributed by atoms with E-state index in [4.69, 9.17) is 5.73 Å². The first kappa shape index (κ1) is 14.3. The predicted molar refractivity (Wildman–Crippen MR) is 77.6 cm³/mol. The Hall–Kier alpha value is -2.16. The first-order chi connectivity index (χ1) is 9.52. The summed E-state index contributed by atoms with van der Waals surface area (Å²) in [5, 5.41) is 14.3. The Morgan fingerprint density at radius 1 is 1.60 bits per heavy atom. The minimum atomic E-state index is -0.265. The lowest BCUT2D eigenvalue weighted by atomic mass is 10.3. The zero-order valence-electron chi connectivity index (χ0n) is 11.5. The lowest BCUT2D eigenvalue weighted by molar-refractivity contribution is 0.0942. The molecule has 0 radical (unpaired) electrons. The number of nitrogen functional groups attached to an aromatic ring is 1. The molecule has 9 heteroatoms. The molecule has 0 saturated heterocycles. The summed E-state index contributed by atoms with van der Waals surface area (Å²) in [6.07, 6.45) is 1.59. The smallest absolute Gasteiger partial charge is 0.265 e. The van der Waals surface area contributed by atoms with Gasteiger partial charge in [-0.15, -0.1) is 10.2 Å². The molecule has 1 amide bonds. The number of hydrogen-bond donors (Lipinski definition) is 3. The highest BCUT2D eigenvalue weighted by molar-refractivity contribution is 7.18. The second-order valence-electron chi connectivity index (χ2n) is 4.26. The number of nitrogens with one attached hydrogen (secondary N) is 2. The number of aromatic nitrogens is 4. The van der Waals surface area contributed by atoms with Gasteiger partial charge in [-0.3, -0.25) is 4.79 Å². The van der Waals surface area contributed by atoms with Gasteiger partial charge in [-0.05, 0) is 13.8 Å². The molecule has 0 bridgehead atoms. The number of thiazole rings is 1. The highest BCUT2D eigenvalue weighted by Crippen LogP contribution is 2.25. The fourth-order valence-corrected chi connectivity index (χ4v) is 2.59. The number of aryl methyl sites for hydroxylation is 1. The van der Waals surface area contributed by atoms with Crippen molar-refractivity contribution in [1.29, 1.82) is 0 Å². The monoisotopic (exact) mass is 295 g/mol. The zero-order valence-corrected chi connectivity index (χ0v) is 12.4. The average molecular weight is 295 g/mol. The SMILES string of the molecule is CCNc1nc(N)c(C(=O)NC(C)c2nncn2C)s1. The lowest BCUT2D eigenvalue weighted by Crippen LogP contribution is -2.28. The maximum Gasteiger partial charge on any atom is 0.265 e. The molecular weight excluding hydrogens is 278 g/mol. The lowest BCUT2D eigenvalue weighted by Gasteiger charge is -2.12. The Morgan fingerprint density at radius 2 is 2.35 bits per heavy atom. The minimum absolute atomic E-state index is 0.230. The average Bonchev–Trinajstić information content (AvgIpc) is 2.96. The maximum atomic E-state index is 12.2. The van der Waals surface area contributed by atoms with E-state index >= 15 is 0 Å². The number of nitrogens with two attached hydrogens (primary N) is 1. The van der Waals surface area contributed by atoms with Crippen LogP contribution in [0.2, 0.25) is 0 Å². The van der Waals surface area contributed by atoms with Crippen LogP contribution in [0.5, 0.6) is 0 Å². The first-order valence-electron chi connectivity index (χ1n) is 6.17. The third-order valence-electron chi connectivity index (χ3n) is 2.67. The van der Waals surface area contributed by atoms with Crippen molar-refractivity contribution < 1.29 is 4.79 Å². The van der Waals surface area contributed by atoms with E-state index in [1.165, 1.54) is 11.3 Å². The third kappa shape index (κ3) is 2.87. The number of hydrogen-bond acceptors (Lipinski definition) is 7. The molecule has 1 atom stereocenters. The van der Waals surface area contributed by atoms with Gasteiger partial charge in [0.15, 0.2) is 11.0 Å². The fraction of sp³-hybridized carbons (Fsp3) is 0.455. The van der Waals surface area contributed by atoms with Crippen molar-refractivity contribution in [2.75, 3.05) is 17.6 Å². The van der Waals surface area contributed by atoms with Crippen molar-refractivity contribution >= 4 is 28.2 Å². The van der Waals surface area contributed by atoms with Crippen LogP contribution in [0, 0.1) is 0 Å². The van der Waals surface area contributed by atoms with Crippen molar-refractivity contribution in [2.24, 2.45) is 7.05 Å². The van der Waals surface area contributed by atoms with Crippen molar-refractivity contribution in [2.45, 2.75) is 19.9 Å². The van der Waals surface area contributed by atoms with Crippen LogP contribution in [0.25, 0.3) is 0 Å². The summed E-state index contributed by atoms with van der Waals surface area (Å²) in [5.41, 5.74) is 5.76. The third-order valence-corrected chi connectivity index (χ3v) is 3.70. The van der Waals surface area contributed by atoms with Gasteiger partial charge in [0.25, 0.3) is 5.91 Å². The zero-order chi connectivity index (χ0) is 14.7. The molecular formula is C11H17N7OS. The topological polar surface area (TPSA) is 111 Å². The van der Waals surface area contributed by atoms with Crippen LogP contribution in [0.4, 0.5) is 10.9 Å². The summed E-state index contributed by atoms with van der Waals surface area (Å²) < 4.78 is 1.76. The van der Waals surface area contributed by atoms with E-state index in [-0.39, 0.29) is 17.8 Å². The molecule has 4 N–H and O–H groups in total. The Kier molecular flexibility index (Phi) is 4.18. The van der Waals surface area contributed by atoms with Crippen LogP contribution < -0.4 is 16.4 Å². The van der Waals surface area contributed by atoms with Crippen molar-refractivity contribution in [1.82, 2.24) is 25.1 Å². The predicted octanol–water partition coefficient (Wildman–Crippen LogP) is 0.777. The van der Waals surface area contributed by atoms with E-state index < -0.39 is 0 Å². The molecule has 2 aromatic rings. The second-order valence-corrected chi connectivity index (χ2v) is 5.26. The van der Waals surface area contributed by atoms with Crippen molar-refractivity contribution in [3.63, 3.8) is 0 Å². The summed E-state index contributed by atoms with van der Waals surface area (Å²) >= 11 is 1.23. The molecule has 108 valence electrons. The fourth-order valence-electron chi connectivity index (χ4n) is 1.73. The minimum Gasteiger partial charge on any atom is -0.382 e. The van der Waals surface area contributed by atoms with E-state index in [0.717, 1.165) is 6.54 Å². The molecule has 0 aliphatic rings. The summed E-state index contributed by atoms with van der Waals surface area (Å²) in [6, 6.07) is -0.265. The van der Waals surface area contributed by atoms with E-state index in [0.29, 0.717) is 15.8 Å². The van der Waals surface area contributed by atoms with Gasteiger partial charge >= 0.3 is 0 Å². The summed E-state index contributed by atoms with van der Waals surface area (Å²) in [6.45, 7) is 4.52. The Balaban J connectivity index is 2.10. The standard InChI is InChI=1S/C11H17N7OS/c1-4-13-11-16-8(12)7(20-11)10(19)15-6(2)9-17-14-5-18(9)3/h5-6H,4,12H2,1-3H3,(H,13,16)(H,15,19). The molecule has 20 heavy (non-hydrogen) atoms. The van der Waals surface area contributed by atoms with Gasteiger partial charge < -0.3 is 20.9 Å². The highest BCUT2D eigenvalue weighted by Gasteiger charge is 2.20. The van der Waals surface area contributed by atoms with Gasteiger partial charge in [0.1, 0.15) is 17.0 Å². The number of rotatable bonds is 5. The summed E-state index contributed by atoms with van der Waals surface area (Å²) in [7, 11) is 1.82. The number of nitrogens with zero attached hydrogens (tertiary/aromatic N) is 4. The van der Waals surface area contributed by atoms with E-state index in [1.807, 2.05) is 20.9 Å². The van der Waals surface area contributed by atoms with E-state index in [9.17, 15) is 4.79 Å². The molecule has 2 rings (SSSR count). The molecule has 8 nitrogen and oxygen atoms in total. The van der Waals surface area contributed by atoms with Crippen molar-refractivity contribution in [3.8, 4) is 0 Å². The van der Waals surface area contributed by atoms with Gasteiger partial charge in [-0.2, -0.15) is 0 Å². The van der Waals surface area contributed by atoms with Crippen LogP contribution in [0.15, 0.2) is 6.33 Å². The number of amides is 1. The number of carbonyl (C=O) groups is 1. The molecule has 0 saturated carbocycles. The first-order valence-corrected chi connectivity index (χ1v) is 6.99. The molecule has 2 aromatic heterocycles. The van der Waals surface area contributed by atoms with Crippen LogP contribution >= 0.6 is 11.3 Å².